The van der Waals surface area contributed by atoms with Gasteiger partial charge in [-0.1, -0.05) is 62.4 Å². The van der Waals surface area contributed by atoms with E-state index < -0.39 is 5.97 Å². The molecule has 38 heavy (non-hydrogen) atoms. The van der Waals surface area contributed by atoms with E-state index in [2.05, 4.69) is 73.8 Å². The SMILES string of the molecule is CCC1(CC)c2cc(/C=C/c3ccc(/C=C(\C#N)C(=O)O)s3)ccc2-c2ccc(Nc3ccccc3)cc21. The third kappa shape index (κ3) is 4.67. The highest BCUT2D eigenvalue weighted by molar-refractivity contribution is 7.13. The van der Waals surface area contributed by atoms with E-state index in [1.54, 1.807) is 6.07 Å². The van der Waals surface area contributed by atoms with E-state index >= 15 is 0 Å². The van der Waals surface area contributed by atoms with Crippen LogP contribution in [0.1, 0.15) is 53.1 Å². The monoisotopic (exact) mass is 516 g/mol. The summed E-state index contributed by atoms with van der Waals surface area (Å²) in [5.41, 5.74) is 8.33. The number of para-hydroxylation sites is 1. The average Bonchev–Trinajstić information content (AvgIpc) is 3.50. The topological polar surface area (TPSA) is 73.1 Å². The summed E-state index contributed by atoms with van der Waals surface area (Å²) in [6, 6.07) is 29.2. The number of nitrogens with one attached hydrogen (secondary N) is 1. The number of aliphatic carboxylic acids is 1. The van der Waals surface area contributed by atoms with Gasteiger partial charge in [-0.2, -0.15) is 5.26 Å². The van der Waals surface area contributed by atoms with Gasteiger partial charge in [-0.05, 0) is 89.2 Å². The van der Waals surface area contributed by atoms with E-state index in [1.807, 2.05) is 36.4 Å². The summed E-state index contributed by atoms with van der Waals surface area (Å²) in [7, 11) is 0. The zero-order chi connectivity index (χ0) is 26.7. The second kappa shape index (κ2) is 10.5. The molecule has 1 heterocycles. The molecule has 4 aromatic rings. The van der Waals surface area contributed by atoms with E-state index in [0.29, 0.717) is 0 Å². The number of hydrogen-bond acceptors (Lipinski definition) is 4. The first-order chi connectivity index (χ1) is 18.5. The number of nitriles is 1. The molecule has 0 saturated heterocycles. The van der Waals surface area contributed by atoms with Crippen molar-refractivity contribution < 1.29 is 9.90 Å². The van der Waals surface area contributed by atoms with Crippen LogP contribution in [0.25, 0.3) is 29.4 Å². The summed E-state index contributed by atoms with van der Waals surface area (Å²) in [6.07, 6.45) is 7.58. The molecule has 5 heteroatoms. The van der Waals surface area contributed by atoms with Crippen molar-refractivity contribution >= 4 is 46.9 Å². The molecule has 0 spiro atoms. The van der Waals surface area contributed by atoms with Crippen molar-refractivity contribution in [1.82, 2.24) is 0 Å². The number of carboxylic acid groups (broad SMARTS) is 1. The van der Waals surface area contributed by atoms with Crippen LogP contribution in [0, 0.1) is 11.3 Å². The largest absolute Gasteiger partial charge is 0.477 e. The molecular weight excluding hydrogens is 488 g/mol. The number of rotatable bonds is 8. The van der Waals surface area contributed by atoms with Crippen molar-refractivity contribution in [1.29, 1.82) is 5.26 Å². The van der Waals surface area contributed by atoms with Crippen LogP contribution in [-0.2, 0) is 10.2 Å². The standard InChI is InChI=1S/C33H28N2O2S/c1-3-33(4-2)30-18-22(10-13-26-14-15-27(38-26)19-23(21-34)32(36)37)11-16-28(30)29-17-12-25(20-31(29)33)35-24-8-6-5-7-9-24/h5-20,35H,3-4H2,1-2H3,(H,36,37)/b13-10+,23-19+. The molecule has 0 unspecified atom stereocenters. The lowest BCUT2D eigenvalue weighted by Crippen LogP contribution is -2.23. The van der Waals surface area contributed by atoms with E-state index in [9.17, 15) is 4.79 Å². The minimum atomic E-state index is -1.21. The van der Waals surface area contributed by atoms with Gasteiger partial charge in [0.1, 0.15) is 11.6 Å². The zero-order valence-corrected chi connectivity index (χ0v) is 22.2. The van der Waals surface area contributed by atoms with Crippen LogP contribution in [0.2, 0.25) is 0 Å². The summed E-state index contributed by atoms with van der Waals surface area (Å²) in [4.78, 5) is 12.9. The van der Waals surface area contributed by atoms with E-state index in [-0.39, 0.29) is 11.0 Å². The van der Waals surface area contributed by atoms with E-state index in [4.69, 9.17) is 10.4 Å². The lowest BCUT2D eigenvalue weighted by molar-refractivity contribution is -0.132. The Balaban J connectivity index is 1.45. The Hall–Kier alpha value is -4.40. The Labute approximate surface area is 227 Å². The summed E-state index contributed by atoms with van der Waals surface area (Å²) in [5, 5.41) is 21.7. The molecule has 188 valence electrons. The van der Waals surface area contributed by atoms with Gasteiger partial charge in [0.05, 0.1) is 0 Å². The van der Waals surface area contributed by atoms with Crippen LogP contribution in [0.4, 0.5) is 11.4 Å². The summed E-state index contributed by atoms with van der Waals surface area (Å²) in [6.45, 7) is 4.55. The molecule has 0 amide bonds. The van der Waals surface area contributed by atoms with Crippen LogP contribution in [0.15, 0.2) is 84.4 Å². The maximum atomic E-state index is 11.1. The van der Waals surface area contributed by atoms with Crippen molar-refractivity contribution in [3.8, 4) is 17.2 Å². The van der Waals surface area contributed by atoms with Crippen LogP contribution in [0.5, 0.6) is 0 Å². The lowest BCUT2D eigenvalue weighted by atomic mass is 9.73. The molecule has 0 atom stereocenters. The number of carbonyl (C=O) groups is 1. The molecule has 4 nitrogen and oxygen atoms in total. The molecule has 5 rings (SSSR count). The predicted molar refractivity (Wildman–Crippen MR) is 157 cm³/mol. The number of benzene rings is 3. The van der Waals surface area contributed by atoms with Crippen LogP contribution >= 0.6 is 11.3 Å². The number of thiophene rings is 1. The van der Waals surface area contributed by atoms with Gasteiger partial charge in [-0.25, -0.2) is 4.79 Å². The first-order valence-electron chi connectivity index (χ1n) is 12.7. The molecule has 0 aliphatic heterocycles. The average molecular weight is 517 g/mol. The van der Waals surface area contributed by atoms with Gasteiger partial charge in [0.15, 0.2) is 0 Å². The van der Waals surface area contributed by atoms with Crippen LogP contribution < -0.4 is 5.32 Å². The molecule has 0 fully saturated rings. The lowest BCUT2D eigenvalue weighted by Gasteiger charge is -2.30. The molecule has 0 bridgehead atoms. The molecule has 1 aliphatic rings. The third-order valence-electron chi connectivity index (χ3n) is 7.38. The second-order valence-electron chi connectivity index (χ2n) is 9.39. The van der Waals surface area contributed by atoms with Gasteiger partial charge < -0.3 is 10.4 Å². The Kier molecular flexibility index (Phi) is 7.00. The second-order valence-corrected chi connectivity index (χ2v) is 10.5. The van der Waals surface area contributed by atoms with Gasteiger partial charge >= 0.3 is 5.97 Å². The van der Waals surface area contributed by atoms with Gasteiger partial charge in [-0.15, -0.1) is 11.3 Å². The van der Waals surface area contributed by atoms with Gasteiger partial charge in [-0.3, -0.25) is 0 Å². The summed E-state index contributed by atoms with van der Waals surface area (Å²) in [5.74, 6) is -1.21. The minimum absolute atomic E-state index is 0.0473. The van der Waals surface area contributed by atoms with Crippen molar-refractivity contribution in [2.75, 3.05) is 5.32 Å². The zero-order valence-electron chi connectivity index (χ0n) is 21.4. The number of hydrogen-bond donors (Lipinski definition) is 2. The van der Waals surface area contributed by atoms with Crippen molar-refractivity contribution in [2.45, 2.75) is 32.1 Å². The van der Waals surface area contributed by atoms with E-state index in [1.165, 1.54) is 39.7 Å². The highest BCUT2D eigenvalue weighted by atomic mass is 32.1. The Bertz CT molecular complexity index is 1600. The third-order valence-corrected chi connectivity index (χ3v) is 8.38. The van der Waals surface area contributed by atoms with Gasteiger partial charge in [0.25, 0.3) is 0 Å². The normalized spacial score (nSPS) is 13.7. The Morgan fingerprint density at radius 1 is 0.895 bits per heavy atom. The fraction of sp³-hybridized carbons (Fsp3) is 0.152. The van der Waals surface area contributed by atoms with E-state index in [0.717, 1.165) is 39.5 Å². The summed E-state index contributed by atoms with van der Waals surface area (Å²) < 4.78 is 0. The predicted octanol–water partition coefficient (Wildman–Crippen LogP) is 8.74. The quantitative estimate of drug-likeness (QED) is 0.181. The first kappa shape index (κ1) is 25.3. The highest BCUT2D eigenvalue weighted by Gasteiger charge is 2.40. The maximum Gasteiger partial charge on any atom is 0.346 e. The van der Waals surface area contributed by atoms with Crippen molar-refractivity contribution in [3.05, 3.63) is 111 Å². The van der Waals surface area contributed by atoms with Crippen LogP contribution in [-0.4, -0.2) is 11.1 Å². The molecule has 1 aromatic heterocycles. The van der Waals surface area contributed by atoms with Gasteiger partial charge in [0, 0.05) is 26.5 Å². The number of nitrogens with zero attached hydrogens (tertiary/aromatic N) is 1. The maximum absolute atomic E-state index is 11.1. The summed E-state index contributed by atoms with van der Waals surface area (Å²) >= 11 is 1.45. The molecule has 2 N–H and O–H groups in total. The highest BCUT2D eigenvalue weighted by Crippen LogP contribution is 2.53. The minimum Gasteiger partial charge on any atom is -0.477 e. The molecule has 3 aromatic carbocycles. The number of fused-ring (bicyclic) bond motifs is 3. The molecule has 0 saturated carbocycles. The Morgan fingerprint density at radius 2 is 1.58 bits per heavy atom. The van der Waals surface area contributed by atoms with Crippen LogP contribution in [0.3, 0.4) is 0 Å². The van der Waals surface area contributed by atoms with Gasteiger partial charge in [0.2, 0.25) is 0 Å². The fourth-order valence-corrected chi connectivity index (χ4v) is 6.25. The molecular formula is C33H28N2O2S. The molecule has 0 radical (unpaired) electrons. The first-order valence-corrected chi connectivity index (χ1v) is 13.5. The Morgan fingerprint density at radius 3 is 2.26 bits per heavy atom. The smallest absolute Gasteiger partial charge is 0.346 e. The number of carboxylic acids is 1. The fourth-order valence-electron chi connectivity index (χ4n) is 5.39. The number of anilines is 2. The van der Waals surface area contributed by atoms with Crippen molar-refractivity contribution in [2.24, 2.45) is 0 Å². The molecule has 1 aliphatic carbocycles. The van der Waals surface area contributed by atoms with Crippen molar-refractivity contribution in [3.63, 3.8) is 0 Å².